The van der Waals surface area contributed by atoms with Gasteiger partial charge in [-0.1, -0.05) is 23.2 Å². The second-order valence-corrected chi connectivity index (χ2v) is 6.74. The van der Waals surface area contributed by atoms with Gasteiger partial charge in [-0.25, -0.2) is 4.98 Å². The lowest BCUT2D eigenvalue weighted by Crippen LogP contribution is -2.30. The van der Waals surface area contributed by atoms with Crippen molar-refractivity contribution >= 4 is 40.0 Å². The van der Waals surface area contributed by atoms with Gasteiger partial charge < -0.3 is 14.8 Å². The maximum Gasteiger partial charge on any atom is 0.257 e. The number of amides is 1. The molecule has 1 N–H and O–H groups in total. The zero-order chi connectivity index (χ0) is 18.4. The summed E-state index contributed by atoms with van der Waals surface area (Å²) in [5.41, 5.74) is 1.36. The number of fused-ring (bicyclic) bond motifs is 1. The maximum absolute atomic E-state index is 11.9. The standard InChI is InChI=1S/C18H22Cl2N2O3/c1-11(2)24-8-4-7-21-16(23)10-25-18-15(20)9-14(19)13-6-5-12(3)22-17(13)18/h5-6,9,11H,4,7-8,10H2,1-3H3,(H,21,23). The highest BCUT2D eigenvalue weighted by Gasteiger charge is 2.14. The molecular weight excluding hydrogens is 363 g/mol. The number of carbonyl (C=O) groups excluding carboxylic acids is 1. The van der Waals surface area contributed by atoms with E-state index in [4.69, 9.17) is 32.7 Å². The Bertz CT molecular complexity index is 751. The lowest BCUT2D eigenvalue weighted by Gasteiger charge is -2.12. The van der Waals surface area contributed by atoms with Gasteiger partial charge >= 0.3 is 0 Å². The number of hydrogen-bond donors (Lipinski definition) is 1. The summed E-state index contributed by atoms with van der Waals surface area (Å²) in [6, 6.07) is 5.31. The Morgan fingerprint density at radius 2 is 2.04 bits per heavy atom. The van der Waals surface area contributed by atoms with E-state index in [9.17, 15) is 4.79 Å². The van der Waals surface area contributed by atoms with Gasteiger partial charge in [0.1, 0.15) is 5.52 Å². The summed E-state index contributed by atoms with van der Waals surface area (Å²) in [6.07, 6.45) is 0.935. The maximum atomic E-state index is 11.9. The van der Waals surface area contributed by atoms with Gasteiger partial charge in [0.05, 0.1) is 16.1 Å². The van der Waals surface area contributed by atoms with Gasteiger partial charge in [0.25, 0.3) is 5.91 Å². The van der Waals surface area contributed by atoms with E-state index in [2.05, 4.69) is 10.3 Å². The fourth-order valence-electron chi connectivity index (χ4n) is 2.24. The topological polar surface area (TPSA) is 60.5 Å². The van der Waals surface area contributed by atoms with Gasteiger partial charge in [0.2, 0.25) is 0 Å². The molecule has 1 heterocycles. The summed E-state index contributed by atoms with van der Waals surface area (Å²) >= 11 is 12.4. The van der Waals surface area contributed by atoms with Crippen molar-refractivity contribution in [1.29, 1.82) is 0 Å². The van der Waals surface area contributed by atoms with Crippen LogP contribution in [0.3, 0.4) is 0 Å². The number of ether oxygens (including phenoxy) is 2. The summed E-state index contributed by atoms with van der Waals surface area (Å²) in [5, 5.41) is 4.34. The number of hydrogen-bond acceptors (Lipinski definition) is 4. The summed E-state index contributed by atoms with van der Waals surface area (Å²) < 4.78 is 11.0. The number of rotatable bonds is 8. The van der Waals surface area contributed by atoms with Crippen LogP contribution in [0, 0.1) is 6.92 Å². The molecule has 7 heteroatoms. The van der Waals surface area contributed by atoms with Crippen LogP contribution in [0.1, 0.15) is 26.0 Å². The minimum absolute atomic E-state index is 0.142. The van der Waals surface area contributed by atoms with Crippen LogP contribution in [-0.2, 0) is 9.53 Å². The van der Waals surface area contributed by atoms with Crippen LogP contribution < -0.4 is 10.1 Å². The molecule has 0 aliphatic rings. The SMILES string of the molecule is Cc1ccc2c(Cl)cc(Cl)c(OCC(=O)NCCCOC(C)C)c2n1. The number of aromatic nitrogens is 1. The summed E-state index contributed by atoms with van der Waals surface area (Å²) in [4.78, 5) is 16.4. The summed E-state index contributed by atoms with van der Waals surface area (Å²) in [6.45, 7) is 6.81. The van der Waals surface area contributed by atoms with Crippen molar-refractivity contribution in [3.63, 3.8) is 0 Å². The van der Waals surface area contributed by atoms with E-state index in [0.29, 0.717) is 34.5 Å². The molecule has 0 atom stereocenters. The lowest BCUT2D eigenvalue weighted by molar-refractivity contribution is -0.123. The van der Waals surface area contributed by atoms with Crippen LogP contribution in [0.25, 0.3) is 10.9 Å². The molecule has 0 spiro atoms. The molecule has 0 fully saturated rings. The number of benzene rings is 1. The van der Waals surface area contributed by atoms with Gasteiger partial charge in [-0.3, -0.25) is 4.79 Å². The molecule has 0 radical (unpaired) electrons. The third-order valence-electron chi connectivity index (χ3n) is 3.42. The van der Waals surface area contributed by atoms with Crippen LogP contribution in [-0.4, -0.2) is 36.8 Å². The molecule has 0 bridgehead atoms. The van der Waals surface area contributed by atoms with Gasteiger partial charge in [-0.15, -0.1) is 0 Å². The van der Waals surface area contributed by atoms with E-state index in [1.54, 1.807) is 6.07 Å². The number of nitrogens with one attached hydrogen (secondary N) is 1. The highest BCUT2D eigenvalue weighted by molar-refractivity contribution is 6.39. The first-order valence-corrected chi connectivity index (χ1v) is 8.90. The van der Waals surface area contributed by atoms with Gasteiger partial charge in [-0.05, 0) is 45.4 Å². The van der Waals surface area contributed by atoms with Crippen LogP contribution in [0.2, 0.25) is 10.0 Å². The quantitative estimate of drug-likeness (QED) is 0.694. The van der Waals surface area contributed by atoms with E-state index in [1.165, 1.54) is 0 Å². The number of halogens is 2. The molecule has 1 aromatic carbocycles. The Labute approximate surface area is 157 Å². The summed E-state index contributed by atoms with van der Waals surface area (Å²) in [7, 11) is 0. The molecule has 2 aromatic rings. The number of carbonyl (C=O) groups is 1. The van der Waals surface area contributed by atoms with Crippen molar-refractivity contribution in [3.8, 4) is 5.75 Å². The Kier molecular flexibility index (Phi) is 7.29. The highest BCUT2D eigenvalue weighted by Crippen LogP contribution is 2.37. The van der Waals surface area contributed by atoms with E-state index in [0.717, 1.165) is 17.5 Å². The minimum Gasteiger partial charge on any atom is -0.480 e. The second kappa shape index (κ2) is 9.22. The molecule has 0 aliphatic heterocycles. The van der Waals surface area contributed by atoms with Crippen LogP contribution >= 0.6 is 23.2 Å². The predicted molar refractivity (Wildman–Crippen MR) is 101 cm³/mol. The van der Waals surface area contributed by atoms with Crippen molar-refractivity contribution in [3.05, 3.63) is 33.9 Å². The first kappa shape index (κ1) is 19.8. The van der Waals surface area contributed by atoms with Crippen molar-refractivity contribution in [2.24, 2.45) is 0 Å². The predicted octanol–water partition coefficient (Wildman–Crippen LogP) is 4.16. The average Bonchev–Trinajstić information content (AvgIpc) is 2.53. The third kappa shape index (κ3) is 5.73. The highest BCUT2D eigenvalue weighted by atomic mass is 35.5. The number of nitrogens with zero attached hydrogens (tertiary/aromatic N) is 1. The molecule has 25 heavy (non-hydrogen) atoms. The van der Waals surface area contributed by atoms with Gasteiger partial charge in [0, 0.05) is 24.2 Å². The van der Waals surface area contributed by atoms with Gasteiger partial charge in [-0.2, -0.15) is 0 Å². The number of aryl methyl sites for hydroxylation is 1. The largest absolute Gasteiger partial charge is 0.480 e. The fourth-order valence-corrected chi connectivity index (χ4v) is 2.81. The Balaban J connectivity index is 1.96. The van der Waals surface area contributed by atoms with E-state index < -0.39 is 0 Å². The van der Waals surface area contributed by atoms with E-state index in [-0.39, 0.29) is 18.6 Å². The van der Waals surface area contributed by atoms with Crippen molar-refractivity contribution in [2.45, 2.75) is 33.3 Å². The number of pyridine rings is 1. The van der Waals surface area contributed by atoms with Crippen molar-refractivity contribution in [1.82, 2.24) is 10.3 Å². The normalized spacial score (nSPS) is 11.1. The molecule has 5 nitrogen and oxygen atoms in total. The molecular formula is C18H22Cl2N2O3. The molecule has 0 saturated heterocycles. The second-order valence-electron chi connectivity index (χ2n) is 5.93. The first-order chi connectivity index (χ1) is 11.9. The molecule has 1 aromatic heterocycles. The van der Waals surface area contributed by atoms with Crippen LogP contribution in [0.5, 0.6) is 5.75 Å². The molecule has 0 aliphatic carbocycles. The zero-order valence-corrected chi connectivity index (χ0v) is 16.1. The van der Waals surface area contributed by atoms with Crippen molar-refractivity contribution in [2.75, 3.05) is 19.8 Å². The summed E-state index contributed by atoms with van der Waals surface area (Å²) in [5.74, 6) is 0.138. The van der Waals surface area contributed by atoms with Crippen LogP contribution in [0.4, 0.5) is 0 Å². The molecule has 2 rings (SSSR count). The third-order valence-corrected chi connectivity index (χ3v) is 4.01. The molecule has 0 saturated carbocycles. The monoisotopic (exact) mass is 384 g/mol. The smallest absolute Gasteiger partial charge is 0.257 e. The molecule has 1 amide bonds. The van der Waals surface area contributed by atoms with E-state index in [1.807, 2.05) is 32.9 Å². The van der Waals surface area contributed by atoms with Crippen molar-refractivity contribution < 1.29 is 14.3 Å². The Hall–Kier alpha value is -1.56. The Morgan fingerprint density at radius 1 is 1.28 bits per heavy atom. The van der Waals surface area contributed by atoms with Crippen LogP contribution in [0.15, 0.2) is 18.2 Å². The average molecular weight is 385 g/mol. The lowest BCUT2D eigenvalue weighted by atomic mass is 10.2. The molecule has 136 valence electrons. The van der Waals surface area contributed by atoms with Gasteiger partial charge in [0.15, 0.2) is 12.4 Å². The first-order valence-electron chi connectivity index (χ1n) is 8.15. The zero-order valence-electron chi connectivity index (χ0n) is 14.6. The molecule has 0 unspecified atom stereocenters. The Morgan fingerprint density at radius 3 is 2.76 bits per heavy atom. The minimum atomic E-state index is -0.226. The van der Waals surface area contributed by atoms with E-state index >= 15 is 0 Å². The fraction of sp³-hybridized carbons (Fsp3) is 0.444.